The molecule has 0 unspecified atom stereocenters. The Morgan fingerprint density at radius 3 is 2.23 bits per heavy atom. The number of carboxylic acids is 1. The number of alkyl halides is 3. The molecule has 0 amide bonds. The van der Waals surface area contributed by atoms with Crippen molar-refractivity contribution in [1.82, 2.24) is 4.31 Å². The number of hydrogen-bond donors (Lipinski definition) is 1. The van der Waals surface area contributed by atoms with E-state index in [0.717, 1.165) is 44.3 Å². The summed E-state index contributed by atoms with van der Waals surface area (Å²) < 4.78 is 51.7. The van der Waals surface area contributed by atoms with Gasteiger partial charge in [0.1, 0.15) is 11.5 Å². The molecule has 1 heterocycles. The van der Waals surface area contributed by atoms with Gasteiger partial charge in [0, 0.05) is 11.4 Å². The first-order valence-electron chi connectivity index (χ1n) is 12.2. The van der Waals surface area contributed by atoms with E-state index < -0.39 is 24.5 Å². The summed E-state index contributed by atoms with van der Waals surface area (Å²) in [5, 5.41) is 8.84. The number of halogens is 3. The Morgan fingerprint density at radius 1 is 0.923 bits per heavy atom. The highest BCUT2D eigenvalue weighted by Gasteiger charge is 2.35. The fraction of sp³-hybridized carbons (Fsp3) is 0.233. The highest BCUT2D eigenvalue weighted by atomic mass is 32.2. The lowest BCUT2D eigenvalue weighted by molar-refractivity contribution is -0.153. The monoisotopic (exact) mass is 555 g/mol. The van der Waals surface area contributed by atoms with Crippen LogP contribution in [0.5, 0.6) is 5.75 Å². The van der Waals surface area contributed by atoms with E-state index >= 15 is 0 Å². The standard InChI is InChI=1S/C30H28F3NO4S/c1-19-13-20(2)29(21(3)14-19)39-34(17-26-11-12-27(38-26)30(31,32)33)16-22-7-9-23(10-8-22)24-5-4-6-25(15-24)37-18-28(35)36/h4-15H,16-18H2,1-3H3,(H,35,36). The molecule has 4 aromatic rings. The molecule has 5 nitrogen and oxygen atoms in total. The largest absolute Gasteiger partial charge is 0.482 e. The Hall–Kier alpha value is -3.69. The van der Waals surface area contributed by atoms with Gasteiger partial charge in [-0.3, -0.25) is 0 Å². The van der Waals surface area contributed by atoms with Gasteiger partial charge < -0.3 is 14.3 Å². The lowest BCUT2D eigenvalue weighted by Gasteiger charge is -2.23. The van der Waals surface area contributed by atoms with Gasteiger partial charge in [0.15, 0.2) is 6.61 Å². The van der Waals surface area contributed by atoms with Gasteiger partial charge in [0.05, 0.1) is 6.54 Å². The molecular formula is C30H28F3NO4S. The van der Waals surface area contributed by atoms with Crippen molar-refractivity contribution < 1.29 is 32.2 Å². The zero-order valence-electron chi connectivity index (χ0n) is 21.7. The maximum absolute atomic E-state index is 13.1. The van der Waals surface area contributed by atoms with Crippen molar-refractivity contribution in [3.05, 3.63) is 107 Å². The summed E-state index contributed by atoms with van der Waals surface area (Å²) in [4.78, 5) is 11.8. The van der Waals surface area contributed by atoms with Crippen molar-refractivity contribution >= 4 is 17.9 Å². The zero-order valence-corrected chi connectivity index (χ0v) is 22.5. The first kappa shape index (κ1) is 28.3. The van der Waals surface area contributed by atoms with Gasteiger partial charge in [-0.05, 0) is 84.8 Å². The van der Waals surface area contributed by atoms with Crippen LogP contribution in [0.25, 0.3) is 11.1 Å². The Morgan fingerprint density at radius 2 is 1.62 bits per heavy atom. The first-order chi connectivity index (χ1) is 18.5. The zero-order chi connectivity index (χ0) is 28.2. The average molecular weight is 556 g/mol. The Bertz CT molecular complexity index is 1420. The number of aliphatic carboxylic acids is 1. The van der Waals surface area contributed by atoms with Gasteiger partial charge in [0.25, 0.3) is 0 Å². The summed E-state index contributed by atoms with van der Waals surface area (Å²) in [6.45, 7) is 6.30. The molecule has 9 heteroatoms. The molecule has 3 aromatic carbocycles. The topological polar surface area (TPSA) is 62.9 Å². The molecule has 0 radical (unpaired) electrons. The predicted molar refractivity (Wildman–Crippen MR) is 144 cm³/mol. The molecule has 0 fully saturated rings. The molecule has 0 aliphatic carbocycles. The number of furan rings is 1. The van der Waals surface area contributed by atoms with Crippen molar-refractivity contribution in [2.75, 3.05) is 6.61 Å². The van der Waals surface area contributed by atoms with Crippen LogP contribution in [0, 0.1) is 20.8 Å². The minimum atomic E-state index is -4.54. The van der Waals surface area contributed by atoms with Gasteiger partial charge in [0.2, 0.25) is 5.76 Å². The molecule has 0 aliphatic rings. The van der Waals surface area contributed by atoms with Gasteiger partial charge in [-0.1, -0.05) is 54.1 Å². The lowest BCUT2D eigenvalue weighted by Crippen LogP contribution is -2.15. The van der Waals surface area contributed by atoms with E-state index in [0.29, 0.717) is 12.3 Å². The molecule has 204 valence electrons. The second kappa shape index (κ2) is 12.0. The number of carboxylic acid groups (broad SMARTS) is 1. The van der Waals surface area contributed by atoms with Crippen LogP contribution in [-0.2, 0) is 24.1 Å². The third kappa shape index (κ3) is 7.68. The lowest BCUT2D eigenvalue weighted by atomic mass is 10.0. The summed E-state index contributed by atoms with van der Waals surface area (Å²) in [5.74, 6) is -1.37. The summed E-state index contributed by atoms with van der Waals surface area (Å²) >= 11 is 1.49. The molecule has 4 rings (SSSR count). The summed E-state index contributed by atoms with van der Waals surface area (Å²) in [7, 11) is 0. The van der Waals surface area contributed by atoms with Crippen LogP contribution < -0.4 is 4.74 Å². The molecule has 0 saturated carbocycles. The van der Waals surface area contributed by atoms with Crippen LogP contribution in [-0.4, -0.2) is 22.0 Å². The Kier molecular flexibility index (Phi) is 8.72. The number of ether oxygens (including phenoxy) is 1. The van der Waals surface area contributed by atoms with Gasteiger partial charge in [-0.2, -0.15) is 13.2 Å². The number of carbonyl (C=O) groups is 1. The number of hydrogen-bond acceptors (Lipinski definition) is 5. The van der Waals surface area contributed by atoms with E-state index in [2.05, 4.69) is 12.1 Å². The Balaban J connectivity index is 1.56. The number of rotatable bonds is 10. The summed E-state index contributed by atoms with van der Waals surface area (Å²) in [5.41, 5.74) is 6.10. The molecule has 0 aliphatic heterocycles. The summed E-state index contributed by atoms with van der Waals surface area (Å²) in [6, 6.07) is 21.5. The third-order valence-corrected chi connectivity index (χ3v) is 7.28. The molecule has 0 spiro atoms. The molecule has 1 N–H and O–H groups in total. The fourth-order valence-corrected chi connectivity index (χ4v) is 5.34. The van der Waals surface area contributed by atoms with Crippen molar-refractivity contribution in [2.24, 2.45) is 0 Å². The maximum Gasteiger partial charge on any atom is 0.449 e. The van der Waals surface area contributed by atoms with Crippen LogP contribution in [0.2, 0.25) is 0 Å². The average Bonchev–Trinajstić information content (AvgIpc) is 3.35. The normalized spacial score (nSPS) is 11.7. The van der Waals surface area contributed by atoms with Crippen LogP contribution in [0.1, 0.15) is 33.8 Å². The second-order valence-corrected chi connectivity index (χ2v) is 10.4. The van der Waals surface area contributed by atoms with E-state index in [-0.39, 0.29) is 12.3 Å². The van der Waals surface area contributed by atoms with Crippen LogP contribution >= 0.6 is 11.9 Å². The van der Waals surface area contributed by atoms with E-state index in [4.69, 9.17) is 14.3 Å². The molecule has 0 bridgehead atoms. The van der Waals surface area contributed by atoms with Crippen molar-refractivity contribution in [1.29, 1.82) is 0 Å². The van der Waals surface area contributed by atoms with E-state index in [1.165, 1.54) is 18.0 Å². The maximum atomic E-state index is 13.1. The molecule has 0 atom stereocenters. The number of benzene rings is 3. The number of nitrogens with zero attached hydrogens (tertiary/aromatic N) is 1. The van der Waals surface area contributed by atoms with Crippen molar-refractivity contribution in [3.63, 3.8) is 0 Å². The van der Waals surface area contributed by atoms with Crippen molar-refractivity contribution in [2.45, 2.75) is 44.9 Å². The second-order valence-electron chi connectivity index (χ2n) is 9.29. The van der Waals surface area contributed by atoms with Gasteiger partial charge in [-0.25, -0.2) is 9.10 Å². The SMILES string of the molecule is Cc1cc(C)c(SN(Cc2ccc(-c3cccc(OCC(=O)O)c3)cc2)Cc2ccc(C(F)(F)F)o2)c(C)c1. The van der Waals surface area contributed by atoms with Gasteiger partial charge >= 0.3 is 12.1 Å². The van der Waals surface area contributed by atoms with E-state index in [1.54, 1.807) is 18.2 Å². The Labute approximate surface area is 229 Å². The smallest absolute Gasteiger partial charge is 0.449 e. The summed E-state index contributed by atoms with van der Waals surface area (Å²) in [6.07, 6.45) is -4.54. The van der Waals surface area contributed by atoms with Crippen LogP contribution in [0.3, 0.4) is 0 Å². The highest BCUT2D eigenvalue weighted by molar-refractivity contribution is 7.97. The quantitative estimate of drug-likeness (QED) is 0.200. The van der Waals surface area contributed by atoms with Crippen molar-refractivity contribution in [3.8, 4) is 16.9 Å². The third-order valence-electron chi connectivity index (χ3n) is 5.94. The molecule has 0 saturated heterocycles. The van der Waals surface area contributed by atoms with Crippen LogP contribution in [0.15, 0.2) is 82.1 Å². The van der Waals surface area contributed by atoms with E-state index in [1.807, 2.05) is 55.4 Å². The van der Waals surface area contributed by atoms with Gasteiger partial charge in [-0.15, -0.1) is 0 Å². The molecule has 1 aromatic heterocycles. The minimum Gasteiger partial charge on any atom is -0.482 e. The van der Waals surface area contributed by atoms with E-state index in [9.17, 15) is 18.0 Å². The van der Waals surface area contributed by atoms with Crippen LogP contribution in [0.4, 0.5) is 13.2 Å². The fourth-order valence-electron chi connectivity index (χ4n) is 4.27. The first-order valence-corrected chi connectivity index (χ1v) is 13.0. The predicted octanol–water partition coefficient (Wildman–Crippen LogP) is 8.06. The molecule has 39 heavy (non-hydrogen) atoms. The number of aryl methyl sites for hydroxylation is 3. The highest BCUT2D eigenvalue weighted by Crippen LogP contribution is 2.35. The minimum absolute atomic E-state index is 0.179. The molecular weight excluding hydrogens is 527 g/mol.